The van der Waals surface area contributed by atoms with E-state index in [1.165, 1.54) is 11.1 Å². The summed E-state index contributed by atoms with van der Waals surface area (Å²) in [7, 11) is 0. The Morgan fingerprint density at radius 1 is 1.07 bits per heavy atom. The minimum atomic E-state index is -0.0106. The molecule has 0 fully saturated rings. The number of carbonyl (C=O) groups excluding carboxylic acids is 1. The van der Waals surface area contributed by atoms with E-state index in [2.05, 4.69) is 34.7 Å². The second kappa shape index (κ2) is 7.76. The molecule has 0 aliphatic heterocycles. The van der Waals surface area contributed by atoms with Gasteiger partial charge >= 0.3 is 0 Å². The summed E-state index contributed by atoms with van der Waals surface area (Å²) in [6.45, 7) is 0. The third kappa shape index (κ3) is 3.78. The van der Waals surface area contributed by atoms with Crippen molar-refractivity contribution < 1.29 is 4.79 Å². The number of pyridine rings is 1. The van der Waals surface area contributed by atoms with Crippen molar-refractivity contribution in [1.82, 2.24) is 14.7 Å². The number of aryl methyl sites for hydroxylation is 1. The summed E-state index contributed by atoms with van der Waals surface area (Å²) in [5.41, 5.74) is 5.30. The van der Waals surface area contributed by atoms with Crippen LogP contribution in [0.3, 0.4) is 0 Å². The van der Waals surface area contributed by atoms with Gasteiger partial charge < -0.3 is 9.72 Å². The second-order valence-electron chi connectivity index (χ2n) is 7.27. The number of nitrogens with zero attached hydrogens (tertiary/aromatic N) is 2. The first-order valence-electron chi connectivity index (χ1n) is 9.80. The molecule has 1 N–H and O–H groups in total. The Bertz CT molecular complexity index is 1130. The lowest BCUT2D eigenvalue weighted by Crippen LogP contribution is -2.27. The maximum Gasteiger partial charge on any atom is 0.251 e. The zero-order valence-electron chi connectivity index (χ0n) is 15.9. The molecule has 1 atom stereocenters. The third-order valence-electron chi connectivity index (χ3n) is 5.36. The number of fused-ring (bicyclic) bond motifs is 2. The number of hydrogen-bond acceptors (Lipinski definition) is 3. The van der Waals surface area contributed by atoms with Crippen molar-refractivity contribution >= 4 is 23.3 Å². The van der Waals surface area contributed by atoms with E-state index in [0.717, 1.165) is 34.8 Å². The molecule has 1 aliphatic carbocycles. The Kier molecular flexibility index (Phi) is 4.82. The molecule has 0 radical (unpaired) electrons. The predicted molar refractivity (Wildman–Crippen MR) is 116 cm³/mol. The van der Waals surface area contributed by atoms with Gasteiger partial charge in [0, 0.05) is 28.6 Å². The number of hydrogen-bond donors (Lipinski definition) is 1. The summed E-state index contributed by atoms with van der Waals surface area (Å²) in [5.74, 6) is 0.787. The number of amides is 1. The molecule has 4 aromatic rings. The Morgan fingerprint density at radius 3 is 2.76 bits per heavy atom. The number of aromatic nitrogens is 2. The molecule has 0 saturated heterocycles. The van der Waals surface area contributed by atoms with E-state index >= 15 is 0 Å². The van der Waals surface area contributed by atoms with Crippen molar-refractivity contribution in [3.05, 3.63) is 102 Å². The number of rotatable bonds is 5. The van der Waals surface area contributed by atoms with Crippen LogP contribution in [0.25, 0.3) is 5.65 Å². The largest absolute Gasteiger partial charge is 0.345 e. The molecule has 2 aromatic heterocycles. The number of imidazole rings is 1. The van der Waals surface area contributed by atoms with Gasteiger partial charge in [0.15, 0.2) is 0 Å². The highest BCUT2D eigenvalue weighted by Gasteiger charge is 2.23. The van der Waals surface area contributed by atoms with Crippen molar-refractivity contribution in [2.24, 2.45) is 0 Å². The van der Waals surface area contributed by atoms with E-state index in [0.29, 0.717) is 5.56 Å². The summed E-state index contributed by atoms with van der Waals surface area (Å²) in [5, 5.41) is 3.19. The first-order chi connectivity index (χ1) is 14.3. The molecule has 0 spiro atoms. The second-order valence-corrected chi connectivity index (χ2v) is 8.32. The SMILES string of the molecule is O=C(NC1CCc2ccccc21)c1ccc(SCc2cn3ccccc3n2)cc1. The number of carbonyl (C=O) groups is 1. The number of nitrogens with one attached hydrogen (secondary N) is 1. The van der Waals surface area contributed by atoms with Crippen LogP contribution in [0.15, 0.2) is 84.0 Å². The van der Waals surface area contributed by atoms with Gasteiger partial charge in [-0.25, -0.2) is 4.98 Å². The van der Waals surface area contributed by atoms with Crippen LogP contribution in [0.4, 0.5) is 0 Å². The van der Waals surface area contributed by atoms with Crippen LogP contribution in [0.2, 0.25) is 0 Å². The highest BCUT2D eigenvalue weighted by molar-refractivity contribution is 7.98. The molecular formula is C24H21N3OS. The van der Waals surface area contributed by atoms with Crippen LogP contribution in [0, 0.1) is 0 Å². The summed E-state index contributed by atoms with van der Waals surface area (Å²) < 4.78 is 2.03. The smallest absolute Gasteiger partial charge is 0.251 e. The lowest BCUT2D eigenvalue weighted by molar-refractivity contribution is 0.0936. The Labute approximate surface area is 174 Å². The highest BCUT2D eigenvalue weighted by Crippen LogP contribution is 2.31. The topological polar surface area (TPSA) is 46.4 Å². The van der Waals surface area contributed by atoms with Crippen molar-refractivity contribution in [1.29, 1.82) is 0 Å². The van der Waals surface area contributed by atoms with Gasteiger partial charge in [-0.3, -0.25) is 4.79 Å². The average Bonchev–Trinajstić information content (AvgIpc) is 3.36. The van der Waals surface area contributed by atoms with Crippen molar-refractivity contribution in [2.45, 2.75) is 29.5 Å². The van der Waals surface area contributed by atoms with E-state index < -0.39 is 0 Å². The van der Waals surface area contributed by atoms with E-state index in [9.17, 15) is 4.79 Å². The van der Waals surface area contributed by atoms with E-state index in [4.69, 9.17) is 0 Å². The minimum Gasteiger partial charge on any atom is -0.345 e. The first-order valence-corrected chi connectivity index (χ1v) is 10.8. The standard InChI is InChI=1S/C24H21N3OS/c28-24(26-22-13-10-17-5-1-2-6-21(17)22)18-8-11-20(12-9-18)29-16-19-15-27-14-4-3-7-23(27)25-19/h1-9,11-12,14-15,22H,10,13,16H2,(H,26,28). The molecule has 1 unspecified atom stereocenters. The fraction of sp³-hybridized carbons (Fsp3) is 0.167. The van der Waals surface area contributed by atoms with Gasteiger partial charge in [0.2, 0.25) is 0 Å². The summed E-state index contributed by atoms with van der Waals surface area (Å²) in [4.78, 5) is 18.4. The molecule has 0 bridgehead atoms. The van der Waals surface area contributed by atoms with E-state index in [1.54, 1.807) is 11.8 Å². The molecule has 1 aliphatic rings. The molecular weight excluding hydrogens is 378 g/mol. The van der Waals surface area contributed by atoms with Crippen LogP contribution >= 0.6 is 11.8 Å². The molecule has 1 amide bonds. The summed E-state index contributed by atoms with van der Waals surface area (Å²) in [6, 6.07) is 22.3. The molecule has 2 heterocycles. The number of benzene rings is 2. The molecule has 0 saturated carbocycles. The monoisotopic (exact) mass is 399 g/mol. The first kappa shape index (κ1) is 18.0. The van der Waals surface area contributed by atoms with Gasteiger partial charge in [-0.05, 0) is 60.4 Å². The van der Waals surface area contributed by atoms with E-state index in [-0.39, 0.29) is 11.9 Å². The van der Waals surface area contributed by atoms with Gasteiger partial charge in [-0.15, -0.1) is 11.8 Å². The van der Waals surface area contributed by atoms with Crippen LogP contribution in [-0.4, -0.2) is 15.3 Å². The maximum atomic E-state index is 12.7. The minimum absolute atomic E-state index is 0.0106. The lowest BCUT2D eigenvalue weighted by atomic mass is 10.1. The Hall–Kier alpha value is -3.05. The summed E-state index contributed by atoms with van der Waals surface area (Å²) >= 11 is 1.73. The zero-order chi connectivity index (χ0) is 19.6. The highest BCUT2D eigenvalue weighted by atomic mass is 32.2. The van der Waals surface area contributed by atoms with Gasteiger partial charge in [0.25, 0.3) is 5.91 Å². The van der Waals surface area contributed by atoms with Crippen LogP contribution in [0.5, 0.6) is 0 Å². The predicted octanol–water partition coefficient (Wildman–Crippen LogP) is 5.04. The van der Waals surface area contributed by atoms with Crippen molar-refractivity contribution in [3.63, 3.8) is 0 Å². The third-order valence-corrected chi connectivity index (χ3v) is 6.40. The van der Waals surface area contributed by atoms with Crippen LogP contribution < -0.4 is 5.32 Å². The fourth-order valence-electron chi connectivity index (χ4n) is 3.87. The zero-order valence-corrected chi connectivity index (χ0v) is 16.7. The normalized spacial score (nSPS) is 15.4. The Balaban J connectivity index is 1.21. The number of thioether (sulfide) groups is 1. The quantitative estimate of drug-likeness (QED) is 0.478. The molecule has 29 heavy (non-hydrogen) atoms. The lowest BCUT2D eigenvalue weighted by Gasteiger charge is -2.14. The van der Waals surface area contributed by atoms with Crippen molar-refractivity contribution in [3.8, 4) is 0 Å². The van der Waals surface area contributed by atoms with E-state index in [1.807, 2.05) is 59.1 Å². The Morgan fingerprint density at radius 2 is 1.90 bits per heavy atom. The van der Waals surface area contributed by atoms with Gasteiger partial charge in [-0.2, -0.15) is 0 Å². The van der Waals surface area contributed by atoms with Crippen LogP contribution in [-0.2, 0) is 12.2 Å². The summed E-state index contributed by atoms with van der Waals surface area (Å²) in [6.07, 6.45) is 6.06. The maximum absolute atomic E-state index is 12.7. The van der Waals surface area contributed by atoms with Gasteiger partial charge in [0.1, 0.15) is 5.65 Å². The van der Waals surface area contributed by atoms with Crippen LogP contribution in [0.1, 0.15) is 39.6 Å². The average molecular weight is 400 g/mol. The van der Waals surface area contributed by atoms with Crippen molar-refractivity contribution in [2.75, 3.05) is 0 Å². The molecule has 144 valence electrons. The molecule has 5 rings (SSSR count). The molecule has 5 heteroatoms. The molecule has 4 nitrogen and oxygen atoms in total. The molecule has 2 aromatic carbocycles. The fourth-order valence-corrected chi connectivity index (χ4v) is 4.65. The van der Waals surface area contributed by atoms with Gasteiger partial charge in [0.05, 0.1) is 11.7 Å². The van der Waals surface area contributed by atoms with Gasteiger partial charge in [-0.1, -0.05) is 30.3 Å².